The van der Waals surface area contributed by atoms with Gasteiger partial charge >= 0.3 is 0 Å². The van der Waals surface area contributed by atoms with E-state index < -0.39 is 4.92 Å². The van der Waals surface area contributed by atoms with Crippen LogP contribution in [0.25, 0.3) is 10.9 Å². The van der Waals surface area contributed by atoms with Crippen molar-refractivity contribution in [1.82, 2.24) is 9.97 Å². The fraction of sp³-hybridized carbons (Fsp3) is 0.273. The Morgan fingerprint density at radius 3 is 2.65 bits per heavy atom. The zero-order chi connectivity index (χ0) is 12.6. The van der Waals surface area contributed by atoms with Gasteiger partial charge in [-0.3, -0.25) is 10.1 Å². The number of rotatable bonds is 2. The second kappa shape index (κ2) is 4.37. The van der Waals surface area contributed by atoms with Crippen LogP contribution in [0.4, 0.5) is 5.69 Å². The number of fused-ring (bicyclic) bond motifs is 1. The van der Waals surface area contributed by atoms with Crippen molar-refractivity contribution in [1.29, 1.82) is 0 Å². The zero-order valence-corrected chi connectivity index (χ0v) is 10.9. The van der Waals surface area contributed by atoms with E-state index in [-0.39, 0.29) is 11.6 Å². The van der Waals surface area contributed by atoms with E-state index in [0.29, 0.717) is 21.3 Å². The van der Waals surface area contributed by atoms with Crippen LogP contribution in [-0.2, 0) is 0 Å². The maximum absolute atomic E-state index is 10.9. The number of nitro groups is 1. The van der Waals surface area contributed by atoms with Crippen molar-refractivity contribution in [3.63, 3.8) is 0 Å². The first-order valence-corrected chi connectivity index (χ1v) is 5.90. The molecule has 1 heterocycles. The SMILES string of the molecule is CC(C)c1nc(Br)c2c([N+](=O)[O-])cccc2n1. The lowest BCUT2D eigenvalue weighted by molar-refractivity contribution is -0.383. The summed E-state index contributed by atoms with van der Waals surface area (Å²) in [6, 6.07) is 4.83. The highest BCUT2D eigenvalue weighted by atomic mass is 79.9. The van der Waals surface area contributed by atoms with E-state index in [9.17, 15) is 10.1 Å². The number of non-ortho nitro benzene ring substituents is 1. The summed E-state index contributed by atoms with van der Waals surface area (Å²) in [7, 11) is 0. The first kappa shape index (κ1) is 11.9. The highest BCUT2D eigenvalue weighted by Crippen LogP contribution is 2.30. The van der Waals surface area contributed by atoms with E-state index in [1.165, 1.54) is 6.07 Å². The van der Waals surface area contributed by atoms with Crippen molar-refractivity contribution in [2.75, 3.05) is 0 Å². The van der Waals surface area contributed by atoms with E-state index in [4.69, 9.17) is 0 Å². The molecule has 0 spiro atoms. The van der Waals surface area contributed by atoms with Crippen molar-refractivity contribution in [3.05, 3.63) is 38.7 Å². The number of hydrogen-bond acceptors (Lipinski definition) is 4. The molecule has 88 valence electrons. The summed E-state index contributed by atoms with van der Waals surface area (Å²) < 4.78 is 0.471. The molecule has 2 rings (SSSR count). The van der Waals surface area contributed by atoms with Crippen LogP contribution < -0.4 is 0 Å². The molecule has 0 saturated carbocycles. The van der Waals surface area contributed by atoms with Gasteiger partial charge in [0.05, 0.1) is 10.4 Å². The van der Waals surface area contributed by atoms with Crippen molar-refractivity contribution < 1.29 is 4.92 Å². The van der Waals surface area contributed by atoms with E-state index in [2.05, 4.69) is 25.9 Å². The summed E-state index contributed by atoms with van der Waals surface area (Å²) in [6.07, 6.45) is 0. The normalized spacial score (nSPS) is 11.1. The Kier molecular flexibility index (Phi) is 3.06. The molecule has 6 heteroatoms. The molecule has 17 heavy (non-hydrogen) atoms. The molecule has 0 aliphatic carbocycles. The average Bonchev–Trinajstić information content (AvgIpc) is 2.27. The standard InChI is InChI=1S/C11H10BrN3O2/c1-6(2)11-13-7-4-3-5-8(15(16)17)9(7)10(12)14-11/h3-6H,1-2H3. The minimum Gasteiger partial charge on any atom is -0.258 e. The Bertz CT molecular complexity index is 599. The highest BCUT2D eigenvalue weighted by molar-refractivity contribution is 9.10. The highest BCUT2D eigenvalue weighted by Gasteiger charge is 2.17. The van der Waals surface area contributed by atoms with Gasteiger partial charge < -0.3 is 0 Å². The van der Waals surface area contributed by atoms with Crippen LogP contribution in [0.1, 0.15) is 25.6 Å². The lowest BCUT2D eigenvalue weighted by Crippen LogP contribution is -2.00. The lowest BCUT2D eigenvalue weighted by atomic mass is 10.1. The smallest absolute Gasteiger partial charge is 0.258 e. The number of benzene rings is 1. The third kappa shape index (κ3) is 2.12. The van der Waals surface area contributed by atoms with Crippen LogP contribution in [0.15, 0.2) is 22.8 Å². The number of halogens is 1. The summed E-state index contributed by atoms with van der Waals surface area (Å²) >= 11 is 3.28. The van der Waals surface area contributed by atoms with Gasteiger partial charge in [0.2, 0.25) is 0 Å². The lowest BCUT2D eigenvalue weighted by Gasteiger charge is -2.07. The second-order valence-electron chi connectivity index (χ2n) is 3.96. The van der Waals surface area contributed by atoms with Crippen LogP contribution >= 0.6 is 15.9 Å². The number of hydrogen-bond donors (Lipinski definition) is 0. The van der Waals surface area contributed by atoms with Crippen LogP contribution in [0.5, 0.6) is 0 Å². The largest absolute Gasteiger partial charge is 0.281 e. The molecular formula is C11H10BrN3O2. The molecule has 0 radical (unpaired) electrons. The predicted octanol–water partition coefficient (Wildman–Crippen LogP) is 3.42. The fourth-order valence-electron chi connectivity index (χ4n) is 1.55. The van der Waals surface area contributed by atoms with E-state index >= 15 is 0 Å². The summed E-state index contributed by atoms with van der Waals surface area (Å²) in [5, 5.41) is 11.4. The summed E-state index contributed by atoms with van der Waals surface area (Å²) in [5.74, 6) is 0.847. The van der Waals surface area contributed by atoms with Gasteiger partial charge in [-0.15, -0.1) is 0 Å². The molecule has 0 saturated heterocycles. The van der Waals surface area contributed by atoms with E-state index in [1.54, 1.807) is 12.1 Å². The van der Waals surface area contributed by atoms with Crippen molar-refractivity contribution in [2.24, 2.45) is 0 Å². The van der Waals surface area contributed by atoms with Gasteiger partial charge in [0.1, 0.15) is 15.8 Å². The molecule has 0 aliphatic rings. The van der Waals surface area contributed by atoms with Crippen LogP contribution in [0, 0.1) is 10.1 Å². The summed E-state index contributed by atoms with van der Waals surface area (Å²) in [6.45, 7) is 3.95. The monoisotopic (exact) mass is 295 g/mol. The Morgan fingerprint density at radius 1 is 1.35 bits per heavy atom. The predicted molar refractivity (Wildman–Crippen MR) is 68.0 cm³/mol. The van der Waals surface area contributed by atoms with Crippen LogP contribution in [-0.4, -0.2) is 14.9 Å². The van der Waals surface area contributed by atoms with E-state index in [0.717, 1.165) is 0 Å². The minimum atomic E-state index is -0.425. The molecule has 0 amide bonds. The van der Waals surface area contributed by atoms with Crippen LogP contribution in [0.2, 0.25) is 0 Å². The molecule has 2 aromatic rings. The van der Waals surface area contributed by atoms with Gasteiger partial charge in [0.15, 0.2) is 0 Å². The van der Waals surface area contributed by atoms with Crippen molar-refractivity contribution in [3.8, 4) is 0 Å². The summed E-state index contributed by atoms with van der Waals surface area (Å²) in [5.41, 5.74) is 0.606. The van der Waals surface area contributed by atoms with Crippen LogP contribution in [0.3, 0.4) is 0 Å². The summed E-state index contributed by atoms with van der Waals surface area (Å²) in [4.78, 5) is 19.1. The third-order valence-corrected chi connectivity index (χ3v) is 2.96. The molecule has 1 aromatic heterocycles. The minimum absolute atomic E-state index is 0.0182. The topological polar surface area (TPSA) is 68.9 Å². The van der Waals surface area contributed by atoms with Gasteiger partial charge in [-0.2, -0.15) is 0 Å². The molecule has 0 bridgehead atoms. The molecule has 0 unspecified atom stereocenters. The fourth-order valence-corrected chi connectivity index (χ4v) is 2.14. The molecular weight excluding hydrogens is 286 g/mol. The van der Waals surface area contributed by atoms with E-state index in [1.807, 2.05) is 13.8 Å². The molecule has 5 nitrogen and oxygen atoms in total. The maximum atomic E-state index is 10.9. The molecule has 0 aliphatic heterocycles. The van der Waals surface area contributed by atoms with Crippen molar-refractivity contribution >= 4 is 32.5 Å². The molecule has 0 fully saturated rings. The Hall–Kier alpha value is -1.56. The Balaban J connectivity index is 2.80. The number of nitro benzene ring substituents is 1. The molecule has 0 atom stereocenters. The first-order valence-electron chi connectivity index (χ1n) is 5.11. The van der Waals surface area contributed by atoms with Crippen molar-refractivity contribution in [2.45, 2.75) is 19.8 Å². The average molecular weight is 296 g/mol. The first-order chi connectivity index (χ1) is 8.00. The second-order valence-corrected chi connectivity index (χ2v) is 4.71. The quantitative estimate of drug-likeness (QED) is 0.483. The van der Waals surface area contributed by atoms with Gasteiger partial charge in [-0.1, -0.05) is 19.9 Å². The van der Waals surface area contributed by atoms with Gasteiger partial charge in [0, 0.05) is 12.0 Å². The zero-order valence-electron chi connectivity index (χ0n) is 9.35. The molecule has 1 aromatic carbocycles. The Labute approximate surface area is 106 Å². The van der Waals surface area contributed by atoms with Gasteiger partial charge in [0.25, 0.3) is 5.69 Å². The Morgan fingerprint density at radius 2 is 2.06 bits per heavy atom. The number of aromatic nitrogens is 2. The number of nitrogens with zero attached hydrogens (tertiary/aromatic N) is 3. The van der Waals surface area contributed by atoms with Gasteiger partial charge in [-0.25, -0.2) is 9.97 Å². The molecule has 0 N–H and O–H groups in total. The third-order valence-electron chi connectivity index (χ3n) is 2.39. The van der Waals surface area contributed by atoms with Gasteiger partial charge in [-0.05, 0) is 22.0 Å². The maximum Gasteiger partial charge on any atom is 0.281 e.